The van der Waals surface area contributed by atoms with Gasteiger partial charge in [0.25, 0.3) is 5.91 Å². The smallest absolute Gasteiger partial charge is 0.268 e. The molecule has 2 aromatic heterocycles. The first-order chi connectivity index (χ1) is 11.7. The summed E-state index contributed by atoms with van der Waals surface area (Å²) in [6, 6.07) is 21.6. The first-order valence-electron chi connectivity index (χ1n) is 7.51. The molecule has 1 amide bonds. The van der Waals surface area contributed by atoms with E-state index in [1.165, 1.54) is 11.3 Å². The predicted molar refractivity (Wildman–Crippen MR) is 102 cm³/mol. The van der Waals surface area contributed by atoms with E-state index < -0.39 is 0 Å². The molecule has 4 aromatic rings. The van der Waals surface area contributed by atoms with E-state index in [0.29, 0.717) is 0 Å². The zero-order chi connectivity index (χ0) is 16.5. The van der Waals surface area contributed by atoms with Gasteiger partial charge < -0.3 is 4.90 Å². The molecule has 0 unspecified atom stereocenters. The lowest BCUT2D eigenvalue weighted by Crippen LogP contribution is -2.25. The first-order valence-corrected chi connectivity index (χ1v) is 9.14. The molecule has 2 heterocycles. The van der Waals surface area contributed by atoms with Crippen LogP contribution in [-0.4, -0.2) is 17.9 Å². The third kappa shape index (κ3) is 2.72. The normalized spacial score (nSPS) is 10.9. The number of rotatable bonds is 3. The Morgan fingerprint density at radius 1 is 0.917 bits per heavy atom. The van der Waals surface area contributed by atoms with Crippen molar-refractivity contribution in [1.29, 1.82) is 0 Å². The number of thiazole rings is 1. The van der Waals surface area contributed by atoms with Crippen LogP contribution < -0.4 is 4.90 Å². The minimum Gasteiger partial charge on any atom is -0.311 e. The number of aromatic nitrogens is 1. The Morgan fingerprint density at radius 3 is 2.46 bits per heavy atom. The molecule has 0 saturated heterocycles. The number of amides is 1. The molecule has 0 saturated carbocycles. The molecule has 0 atom stereocenters. The van der Waals surface area contributed by atoms with Gasteiger partial charge in [-0.05, 0) is 36.4 Å². The van der Waals surface area contributed by atoms with E-state index in [4.69, 9.17) is 0 Å². The summed E-state index contributed by atoms with van der Waals surface area (Å²) < 4.78 is 1.16. The van der Waals surface area contributed by atoms with Gasteiger partial charge in [-0.3, -0.25) is 4.79 Å². The van der Waals surface area contributed by atoms with Gasteiger partial charge in [-0.1, -0.05) is 30.3 Å². The van der Waals surface area contributed by atoms with E-state index in [1.54, 1.807) is 23.3 Å². The summed E-state index contributed by atoms with van der Waals surface area (Å²) in [5, 5.41) is 0.961. The topological polar surface area (TPSA) is 33.2 Å². The number of carbonyl (C=O) groups is 1. The van der Waals surface area contributed by atoms with Gasteiger partial charge in [-0.15, -0.1) is 22.7 Å². The Labute approximate surface area is 147 Å². The Balaban J connectivity index is 1.63. The van der Waals surface area contributed by atoms with Crippen molar-refractivity contribution in [2.24, 2.45) is 0 Å². The number of anilines is 1. The standard InChI is InChI=1S/C19H14N2OS2/c1-21(13-7-3-2-4-8-13)19(22)17-12-11-16(23-17)18-20-14-9-5-6-10-15(14)24-18/h2-12H,1H3. The van der Waals surface area contributed by atoms with Crippen molar-refractivity contribution in [3.63, 3.8) is 0 Å². The lowest BCUT2D eigenvalue weighted by Gasteiger charge is -2.15. The van der Waals surface area contributed by atoms with E-state index in [0.717, 1.165) is 30.7 Å². The Morgan fingerprint density at radius 2 is 1.67 bits per heavy atom. The zero-order valence-electron chi connectivity index (χ0n) is 13.0. The molecule has 4 rings (SSSR count). The van der Waals surface area contributed by atoms with Crippen LogP contribution in [-0.2, 0) is 0 Å². The monoisotopic (exact) mass is 350 g/mol. The van der Waals surface area contributed by atoms with Crippen molar-refractivity contribution in [3.05, 3.63) is 71.6 Å². The van der Waals surface area contributed by atoms with Crippen molar-refractivity contribution in [3.8, 4) is 9.88 Å². The molecule has 0 bridgehead atoms. The number of para-hydroxylation sites is 2. The van der Waals surface area contributed by atoms with Crippen LogP contribution in [0, 0.1) is 0 Å². The first kappa shape index (κ1) is 15.1. The Hall–Kier alpha value is -2.50. The van der Waals surface area contributed by atoms with E-state index in [1.807, 2.05) is 60.7 Å². The van der Waals surface area contributed by atoms with Crippen LogP contribution in [0.1, 0.15) is 9.67 Å². The summed E-state index contributed by atoms with van der Waals surface area (Å²) in [5.74, 6) is -0.00133. The molecule has 0 aliphatic heterocycles. The number of benzene rings is 2. The van der Waals surface area contributed by atoms with Crippen LogP contribution in [0.4, 0.5) is 5.69 Å². The molecular weight excluding hydrogens is 336 g/mol. The van der Waals surface area contributed by atoms with Crippen molar-refractivity contribution in [2.45, 2.75) is 0 Å². The minimum atomic E-state index is -0.00133. The lowest BCUT2D eigenvalue weighted by molar-refractivity contribution is 0.0997. The zero-order valence-corrected chi connectivity index (χ0v) is 14.6. The molecule has 0 N–H and O–H groups in total. The number of fused-ring (bicyclic) bond motifs is 1. The van der Waals surface area contributed by atoms with Crippen LogP contribution in [0.3, 0.4) is 0 Å². The van der Waals surface area contributed by atoms with Crippen LogP contribution in [0.2, 0.25) is 0 Å². The van der Waals surface area contributed by atoms with Crippen LogP contribution in [0.25, 0.3) is 20.1 Å². The number of hydrogen-bond acceptors (Lipinski definition) is 4. The maximum absolute atomic E-state index is 12.7. The fourth-order valence-corrected chi connectivity index (χ4v) is 4.48. The second kappa shape index (κ2) is 6.19. The Kier molecular flexibility index (Phi) is 3.88. The summed E-state index contributed by atoms with van der Waals surface area (Å²) in [5.41, 5.74) is 1.89. The number of thiophene rings is 1. The predicted octanol–water partition coefficient (Wildman–Crippen LogP) is 5.30. The molecule has 0 aliphatic rings. The molecule has 0 spiro atoms. The van der Waals surface area contributed by atoms with Crippen LogP contribution in [0.15, 0.2) is 66.7 Å². The quantitative estimate of drug-likeness (QED) is 0.502. The third-order valence-electron chi connectivity index (χ3n) is 3.77. The average Bonchev–Trinajstić information content (AvgIpc) is 3.27. The minimum absolute atomic E-state index is 0.00133. The molecule has 0 fully saturated rings. The Bertz CT molecular complexity index is 971. The summed E-state index contributed by atoms with van der Waals surface area (Å²) >= 11 is 3.14. The van der Waals surface area contributed by atoms with Gasteiger partial charge in [0, 0.05) is 12.7 Å². The van der Waals surface area contributed by atoms with Gasteiger partial charge >= 0.3 is 0 Å². The van der Waals surface area contributed by atoms with Gasteiger partial charge in [0.1, 0.15) is 5.01 Å². The molecule has 0 radical (unpaired) electrons. The molecular formula is C19H14N2OS2. The summed E-state index contributed by atoms with van der Waals surface area (Å²) in [4.78, 5) is 20.8. The molecule has 0 aliphatic carbocycles. The van der Waals surface area contributed by atoms with E-state index in [9.17, 15) is 4.79 Å². The van der Waals surface area contributed by atoms with Crippen molar-refractivity contribution in [2.75, 3.05) is 11.9 Å². The summed E-state index contributed by atoms with van der Waals surface area (Å²) in [6.07, 6.45) is 0. The van der Waals surface area contributed by atoms with Crippen LogP contribution in [0.5, 0.6) is 0 Å². The number of hydrogen-bond donors (Lipinski definition) is 0. The summed E-state index contributed by atoms with van der Waals surface area (Å²) in [6.45, 7) is 0. The van der Waals surface area contributed by atoms with E-state index in [-0.39, 0.29) is 5.91 Å². The highest BCUT2D eigenvalue weighted by Crippen LogP contribution is 2.35. The highest BCUT2D eigenvalue weighted by atomic mass is 32.1. The molecule has 2 aromatic carbocycles. The van der Waals surface area contributed by atoms with Crippen molar-refractivity contribution < 1.29 is 4.79 Å². The highest BCUT2D eigenvalue weighted by Gasteiger charge is 2.17. The fourth-order valence-electron chi connectivity index (χ4n) is 2.48. The molecule has 118 valence electrons. The van der Waals surface area contributed by atoms with Gasteiger partial charge in [-0.2, -0.15) is 0 Å². The van der Waals surface area contributed by atoms with E-state index in [2.05, 4.69) is 11.1 Å². The van der Waals surface area contributed by atoms with Crippen LogP contribution >= 0.6 is 22.7 Å². The molecule has 24 heavy (non-hydrogen) atoms. The summed E-state index contributed by atoms with van der Waals surface area (Å²) in [7, 11) is 1.80. The van der Waals surface area contributed by atoms with E-state index >= 15 is 0 Å². The SMILES string of the molecule is CN(C(=O)c1ccc(-c2nc3ccccc3s2)s1)c1ccccc1. The third-order valence-corrected chi connectivity index (χ3v) is 6.05. The molecule has 3 nitrogen and oxygen atoms in total. The van der Waals surface area contributed by atoms with Gasteiger partial charge in [0.2, 0.25) is 0 Å². The lowest BCUT2D eigenvalue weighted by atomic mass is 10.3. The van der Waals surface area contributed by atoms with Gasteiger partial charge in [0.05, 0.1) is 20.0 Å². The fraction of sp³-hybridized carbons (Fsp3) is 0.0526. The average molecular weight is 350 g/mol. The maximum Gasteiger partial charge on any atom is 0.268 e. The highest BCUT2D eigenvalue weighted by molar-refractivity contribution is 7.26. The number of carbonyl (C=O) groups excluding carboxylic acids is 1. The second-order valence-electron chi connectivity index (χ2n) is 5.35. The molecule has 5 heteroatoms. The van der Waals surface area contributed by atoms with Crippen molar-refractivity contribution in [1.82, 2.24) is 4.98 Å². The maximum atomic E-state index is 12.7. The second-order valence-corrected chi connectivity index (χ2v) is 7.46. The van der Waals surface area contributed by atoms with Crippen molar-refractivity contribution >= 4 is 44.5 Å². The van der Waals surface area contributed by atoms with Gasteiger partial charge in [-0.25, -0.2) is 4.98 Å². The van der Waals surface area contributed by atoms with Gasteiger partial charge in [0.15, 0.2) is 0 Å². The largest absolute Gasteiger partial charge is 0.311 e. The number of nitrogens with zero attached hydrogens (tertiary/aromatic N) is 2.